The van der Waals surface area contributed by atoms with Crippen molar-refractivity contribution in [3.8, 4) is 5.75 Å². The number of aryl methyl sites for hydroxylation is 1. The molecule has 0 unspecified atom stereocenters. The van der Waals surface area contributed by atoms with Crippen LogP contribution >= 0.6 is 11.3 Å². The van der Waals surface area contributed by atoms with E-state index in [4.69, 9.17) is 4.74 Å². The lowest BCUT2D eigenvalue weighted by Gasteiger charge is -2.09. The van der Waals surface area contributed by atoms with Crippen molar-refractivity contribution in [3.63, 3.8) is 0 Å². The standard InChI is InChI=1S/C24H24N4O3S/c1-15(2)11-21-27-28-22(29)13-19(26-24(28)32-21)14-31-20-6-4-5-18(12-20)25-23(30)17-9-7-16(3)8-10-17/h4-10,12-13,15H,11,14H2,1-3H3,(H,25,30). The molecule has 8 heteroatoms. The molecule has 0 aliphatic rings. The predicted molar refractivity (Wildman–Crippen MR) is 126 cm³/mol. The maximum Gasteiger partial charge on any atom is 0.275 e. The average molecular weight is 449 g/mol. The number of hydrogen-bond donors (Lipinski definition) is 1. The first kappa shape index (κ1) is 21.7. The molecule has 2 heterocycles. The highest BCUT2D eigenvalue weighted by Crippen LogP contribution is 2.20. The molecule has 1 N–H and O–H groups in total. The Bertz CT molecular complexity index is 1310. The van der Waals surface area contributed by atoms with Crippen molar-refractivity contribution in [2.45, 2.75) is 33.8 Å². The number of nitrogens with zero attached hydrogens (tertiary/aromatic N) is 3. The highest BCUT2D eigenvalue weighted by atomic mass is 32.1. The van der Waals surface area contributed by atoms with Gasteiger partial charge in [-0.2, -0.15) is 9.61 Å². The Kier molecular flexibility index (Phi) is 6.32. The van der Waals surface area contributed by atoms with Crippen molar-refractivity contribution >= 4 is 27.9 Å². The van der Waals surface area contributed by atoms with Gasteiger partial charge in [0, 0.05) is 29.8 Å². The smallest absolute Gasteiger partial charge is 0.275 e. The van der Waals surface area contributed by atoms with E-state index in [9.17, 15) is 9.59 Å². The van der Waals surface area contributed by atoms with Crippen LogP contribution in [0, 0.1) is 12.8 Å². The topological polar surface area (TPSA) is 85.6 Å². The molecule has 2 aromatic carbocycles. The van der Waals surface area contributed by atoms with Crippen LogP contribution in [0.5, 0.6) is 5.75 Å². The first-order valence-corrected chi connectivity index (χ1v) is 11.2. The van der Waals surface area contributed by atoms with Crippen LogP contribution in [0.25, 0.3) is 4.96 Å². The van der Waals surface area contributed by atoms with Crippen LogP contribution in [-0.2, 0) is 13.0 Å². The Balaban J connectivity index is 1.44. The second-order valence-electron chi connectivity index (χ2n) is 8.01. The monoisotopic (exact) mass is 448 g/mol. The van der Waals surface area contributed by atoms with Gasteiger partial charge in [-0.3, -0.25) is 9.59 Å². The number of ether oxygens (including phenoxy) is 1. The fourth-order valence-corrected chi connectivity index (χ4v) is 4.26. The second kappa shape index (κ2) is 9.32. The molecular weight excluding hydrogens is 424 g/mol. The number of carbonyl (C=O) groups excluding carboxylic acids is 1. The molecule has 0 radical (unpaired) electrons. The van der Waals surface area contributed by atoms with Crippen molar-refractivity contribution in [1.29, 1.82) is 0 Å². The number of benzene rings is 2. The molecule has 4 rings (SSSR count). The zero-order valence-electron chi connectivity index (χ0n) is 18.2. The van der Waals surface area contributed by atoms with E-state index >= 15 is 0 Å². The molecular formula is C24H24N4O3S. The fraction of sp³-hybridized carbons (Fsp3) is 0.250. The molecule has 0 fully saturated rings. The molecule has 0 saturated heterocycles. The minimum atomic E-state index is -0.223. The fourth-order valence-electron chi connectivity index (χ4n) is 3.13. The molecule has 7 nitrogen and oxygen atoms in total. The summed E-state index contributed by atoms with van der Waals surface area (Å²) in [5.74, 6) is 0.830. The van der Waals surface area contributed by atoms with Crippen LogP contribution in [0.1, 0.15) is 40.5 Å². The summed E-state index contributed by atoms with van der Waals surface area (Å²) in [5.41, 5.74) is 2.61. The number of anilines is 1. The Morgan fingerprint density at radius 3 is 2.69 bits per heavy atom. The largest absolute Gasteiger partial charge is 0.487 e. The summed E-state index contributed by atoms with van der Waals surface area (Å²) < 4.78 is 7.17. The number of hydrogen-bond acceptors (Lipinski definition) is 6. The first-order valence-electron chi connectivity index (χ1n) is 10.4. The number of fused-ring (bicyclic) bond motifs is 1. The van der Waals surface area contributed by atoms with Crippen LogP contribution in [0.3, 0.4) is 0 Å². The van der Waals surface area contributed by atoms with Gasteiger partial charge in [0.25, 0.3) is 11.5 Å². The van der Waals surface area contributed by atoms with E-state index in [0.29, 0.717) is 33.6 Å². The van der Waals surface area contributed by atoms with E-state index < -0.39 is 0 Å². The molecule has 4 aromatic rings. The van der Waals surface area contributed by atoms with Crippen molar-refractivity contribution in [2.75, 3.05) is 5.32 Å². The molecule has 32 heavy (non-hydrogen) atoms. The van der Waals surface area contributed by atoms with Crippen molar-refractivity contribution < 1.29 is 9.53 Å². The number of rotatable bonds is 7. The van der Waals surface area contributed by atoms with E-state index in [2.05, 4.69) is 29.2 Å². The molecule has 0 atom stereocenters. The third-order valence-corrected chi connectivity index (χ3v) is 5.65. The van der Waals surface area contributed by atoms with E-state index in [1.165, 1.54) is 21.9 Å². The zero-order valence-corrected chi connectivity index (χ0v) is 19.0. The normalized spacial score (nSPS) is 11.1. The number of aromatic nitrogens is 3. The first-order chi connectivity index (χ1) is 15.4. The summed E-state index contributed by atoms with van der Waals surface area (Å²) in [7, 11) is 0. The van der Waals surface area contributed by atoms with Gasteiger partial charge in [-0.15, -0.1) is 0 Å². The highest BCUT2D eigenvalue weighted by Gasteiger charge is 2.11. The zero-order chi connectivity index (χ0) is 22.7. The van der Waals surface area contributed by atoms with Gasteiger partial charge in [-0.25, -0.2) is 4.98 Å². The van der Waals surface area contributed by atoms with Gasteiger partial charge in [0.05, 0.1) is 5.69 Å². The molecule has 0 bridgehead atoms. The Labute approximate surface area is 189 Å². The van der Waals surface area contributed by atoms with Crippen molar-refractivity contribution in [1.82, 2.24) is 14.6 Å². The van der Waals surface area contributed by atoms with Crippen LogP contribution in [0.4, 0.5) is 5.69 Å². The maximum absolute atomic E-state index is 12.4. The summed E-state index contributed by atoms with van der Waals surface area (Å²) in [5, 5.41) is 8.12. The van der Waals surface area contributed by atoms with Gasteiger partial charge in [-0.1, -0.05) is 48.9 Å². The van der Waals surface area contributed by atoms with Crippen LogP contribution in [-0.4, -0.2) is 20.5 Å². The predicted octanol–water partition coefficient (Wildman–Crippen LogP) is 4.49. The SMILES string of the molecule is Cc1ccc(C(=O)Nc2cccc(OCc3cc(=O)n4nc(CC(C)C)sc4n3)c2)cc1. The summed E-state index contributed by atoms with van der Waals surface area (Å²) in [6.45, 7) is 6.33. The lowest BCUT2D eigenvalue weighted by atomic mass is 10.1. The number of nitrogens with one attached hydrogen (secondary N) is 1. The van der Waals surface area contributed by atoms with Gasteiger partial charge in [-0.05, 0) is 37.1 Å². The van der Waals surface area contributed by atoms with Gasteiger partial charge >= 0.3 is 0 Å². The summed E-state index contributed by atoms with van der Waals surface area (Å²) in [6, 6.07) is 15.9. The number of amides is 1. The van der Waals surface area contributed by atoms with Gasteiger partial charge in [0.15, 0.2) is 0 Å². The summed E-state index contributed by atoms with van der Waals surface area (Å²) in [4.78, 5) is 29.9. The minimum absolute atomic E-state index is 0.137. The minimum Gasteiger partial charge on any atom is -0.487 e. The van der Waals surface area contributed by atoms with Crippen LogP contribution in [0.15, 0.2) is 59.4 Å². The summed E-state index contributed by atoms with van der Waals surface area (Å²) >= 11 is 1.42. The highest BCUT2D eigenvalue weighted by molar-refractivity contribution is 7.16. The third kappa shape index (κ3) is 5.20. The van der Waals surface area contributed by atoms with E-state index in [1.54, 1.807) is 36.4 Å². The van der Waals surface area contributed by atoms with Crippen molar-refractivity contribution in [2.24, 2.45) is 5.92 Å². The Hall–Kier alpha value is -3.52. The lowest BCUT2D eigenvalue weighted by molar-refractivity contribution is 0.102. The second-order valence-corrected chi connectivity index (χ2v) is 9.05. The Morgan fingerprint density at radius 1 is 1.16 bits per heavy atom. The van der Waals surface area contributed by atoms with Gasteiger partial charge in [0.2, 0.25) is 4.96 Å². The molecule has 0 saturated carbocycles. The van der Waals surface area contributed by atoms with Crippen molar-refractivity contribution in [3.05, 3.63) is 86.8 Å². The molecule has 0 aliphatic carbocycles. The third-order valence-electron chi connectivity index (χ3n) is 4.72. The van der Waals surface area contributed by atoms with E-state index in [0.717, 1.165) is 17.0 Å². The quantitative estimate of drug-likeness (QED) is 0.450. The molecule has 164 valence electrons. The van der Waals surface area contributed by atoms with Crippen LogP contribution < -0.4 is 15.6 Å². The van der Waals surface area contributed by atoms with E-state index in [1.807, 2.05) is 19.1 Å². The van der Waals surface area contributed by atoms with Gasteiger partial charge in [0.1, 0.15) is 17.4 Å². The molecule has 0 aliphatic heterocycles. The maximum atomic E-state index is 12.4. The Morgan fingerprint density at radius 2 is 1.94 bits per heavy atom. The summed E-state index contributed by atoms with van der Waals surface area (Å²) in [6.07, 6.45) is 0.806. The average Bonchev–Trinajstić information content (AvgIpc) is 3.15. The van der Waals surface area contributed by atoms with Gasteiger partial charge < -0.3 is 10.1 Å². The molecule has 2 aromatic heterocycles. The molecule has 0 spiro atoms. The van der Waals surface area contributed by atoms with E-state index in [-0.39, 0.29) is 18.1 Å². The molecule has 1 amide bonds. The lowest BCUT2D eigenvalue weighted by Crippen LogP contribution is -2.16. The van der Waals surface area contributed by atoms with Crippen LogP contribution in [0.2, 0.25) is 0 Å². The number of carbonyl (C=O) groups is 1.